The van der Waals surface area contributed by atoms with Crippen molar-refractivity contribution in [1.82, 2.24) is 5.32 Å². The van der Waals surface area contributed by atoms with Crippen molar-refractivity contribution < 1.29 is 14.3 Å². The first-order valence-corrected chi connectivity index (χ1v) is 9.37. The lowest BCUT2D eigenvalue weighted by atomic mass is 9.90. The van der Waals surface area contributed by atoms with E-state index in [1.807, 2.05) is 49.4 Å². The molecule has 1 saturated heterocycles. The first kappa shape index (κ1) is 22.7. The molecule has 5 N–H and O–H groups in total. The number of urea groups is 1. The zero-order valence-electron chi connectivity index (χ0n) is 16.3. The fraction of sp³-hybridized carbons (Fsp3) is 0.333. The van der Waals surface area contributed by atoms with Gasteiger partial charge in [0.1, 0.15) is 0 Å². The Kier molecular flexibility index (Phi) is 8.01. The Bertz CT molecular complexity index is 808. The summed E-state index contributed by atoms with van der Waals surface area (Å²) in [7, 11) is 0. The Morgan fingerprint density at radius 1 is 0.966 bits per heavy atom. The number of halogens is 1. The van der Waals surface area contributed by atoms with Crippen LogP contribution < -0.4 is 21.7 Å². The van der Waals surface area contributed by atoms with Gasteiger partial charge in [-0.1, -0.05) is 30.3 Å². The highest BCUT2D eigenvalue weighted by molar-refractivity contribution is 5.99. The first-order chi connectivity index (χ1) is 13.5. The molecular formula is C21H27ClN4O3. The van der Waals surface area contributed by atoms with E-state index in [2.05, 4.69) is 16.0 Å². The normalized spacial score (nSPS) is 16.1. The van der Waals surface area contributed by atoms with E-state index < -0.39 is 5.54 Å². The number of nitrogens with two attached hydrogens (primary N) is 1. The van der Waals surface area contributed by atoms with Gasteiger partial charge in [-0.05, 0) is 49.6 Å². The summed E-state index contributed by atoms with van der Waals surface area (Å²) in [4.78, 5) is 24.6. The molecule has 3 amide bonds. The molecule has 1 aliphatic heterocycles. The molecule has 156 valence electrons. The summed E-state index contributed by atoms with van der Waals surface area (Å²) < 4.78 is 5.29. The third kappa shape index (κ3) is 6.19. The van der Waals surface area contributed by atoms with Crippen LogP contribution in [0.5, 0.6) is 0 Å². The van der Waals surface area contributed by atoms with Crippen molar-refractivity contribution in [3.63, 3.8) is 0 Å². The number of rotatable bonds is 5. The van der Waals surface area contributed by atoms with Crippen LogP contribution in [-0.4, -0.2) is 30.7 Å². The van der Waals surface area contributed by atoms with Crippen LogP contribution in [0.15, 0.2) is 54.6 Å². The summed E-state index contributed by atoms with van der Waals surface area (Å²) >= 11 is 0. The van der Waals surface area contributed by atoms with E-state index in [-0.39, 0.29) is 30.4 Å². The SMILES string of the molecule is CC(NC(=O)C1(N)CCOCC1)c1ccc(NC(=O)Nc2ccccc2)cc1.Cl. The molecule has 1 fully saturated rings. The van der Waals surface area contributed by atoms with Gasteiger partial charge in [-0.3, -0.25) is 4.79 Å². The quantitative estimate of drug-likeness (QED) is 0.596. The van der Waals surface area contributed by atoms with E-state index in [0.717, 1.165) is 11.3 Å². The van der Waals surface area contributed by atoms with Gasteiger partial charge in [0.05, 0.1) is 11.6 Å². The molecule has 3 rings (SSSR count). The van der Waals surface area contributed by atoms with Crippen molar-refractivity contribution >= 4 is 35.7 Å². The highest BCUT2D eigenvalue weighted by Gasteiger charge is 2.36. The monoisotopic (exact) mass is 418 g/mol. The topological polar surface area (TPSA) is 105 Å². The van der Waals surface area contributed by atoms with Crippen LogP contribution in [-0.2, 0) is 9.53 Å². The average Bonchev–Trinajstić information content (AvgIpc) is 2.69. The molecule has 8 heteroatoms. The highest BCUT2D eigenvalue weighted by atomic mass is 35.5. The molecule has 1 heterocycles. The molecule has 0 bridgehead atoms. The minimum absolute atomic E-state index is 0. The summed E-state index contributed by atoms with van der Waals surface area (Å²) in [6, 6.07) is 16.1. The van der Waals surface area contributed by atoms with E-state index in [4.69, 9.17) is 10.5 Å². The van der Waals surface area contributed by atoms with Crippen LogP contribution in [0.4, 0.5) is 16.2 Å². The number of hydrogen-bond donors (Lipinski definition) is 4. The van der Waals surface area contributed by atoms with E-state index >= 15 is 0 Å². The van der Waals surface area contributed by atoms with Gasteiger partial charge in [-0.25, -0.2) is 4.79 Å². The lowest BCUT2D eigenvalue weighted by Gasteiger charge is -2.33. The van der Waals surface area contributed by atoms with Crippen molar-refractivity contribution in [3.8, 4) is 0 Å². The van der Waals surface area contributed by atoms with Gasteiger partial charge in [0.15, 0.2) is 0 Å². The van der Waals surface area contributed by atoms with Gasteiger partial charge in [-0.2, -0.15) is 0 Å². The molecule has 1 aliphatic rings. The van der Waals surface area contributed by atoms with Crippen LogP contribution >= 0.6 is 12.4 Å². The molecule has 0 aliphatic carbocycles. The van der Waals surface area contributed by atoms with Crippen LogP contribution in [0.1, 0.15) is 31.4 Å². The number of hydrogen-bond acceptors (Lipinski definition) is 4. The van der Waals surface area contributed by atoms with Crippen LogP contribution in [0.3, 0.4) is 0 Å². The number of carbonyl (C=O) groups excluding carboxylic acids is 2. The Balaban J connectivity index is 0.00000300. The molecule has 0 spiro atoms. The predicted molar refractivity (Wildman–Crippen MR) is 116 cm³/mol. The van der Waals surface area contributed by atoms with Crippen LogP contribution in [0.25, 0.3) is 0 Å². The maximum Gasteiger partial charge on any atom is 0.323 e. The van der Waals surface area contributed by atoms with E-state index in [9.17, 15) is 9.59 Å². The van der Waals surface area contributed by atoms with E-state index in [1.165, 1.54) is 0 Å². The minimum atomic E-state index is -0.871. The van der Waals surface area contributed by atoms with Crippen molar-refractivity contribution in [2.45, 2.75) is 31.3 Å². The molecule has 29 heavy (non-hydrogen) atoms. The van der Waals surface area contributed by atoms with Gasteiger partial charge in [0.2, 0.25) is 5.91 Å². The predicted octanol–water partition coefficient (Wildman–Crippen LogP) is 3.44. The van der Waals surface area contributed by atoms with Gasteiger partial charge in [0, 0.05) is 24.6 Å². The summed E-state index contributed by atoms with van der Waals surface area (Å²) in [5.74, 6) is -0.159. The Morgan fingerprint density at radius 3 is 2.10 bits per heavy atom. The number of anilines is 2. The second kappa shape index (κ2) is 10.2. The second-order valence-electron chi connectivity index (χ2n) is 7.03. The van der Waals surface area contributed by atoms with Crippen molar-refractivity contribution in [1.29, 1.82) is 0 Å². The first-order valence-electron chi connectivity index (χ1n) is 9.37. The largest absolute Gasteiger partial charge is 0.381 e. The molecule has 0 aromatic heterocycles. The van der Waals surface area contributed by atoms with Crippen molar-refractivity contribution in [2.24, 2.45) is 5.73 Å². The molecule has 1 atom stereocenters. The van der Waals surface area contributed by atoms with E-state index in [1.54, 1.807) is 12.1 Å². The van der Waals surface area contributed by atoms with Crippen LogP contribution in [0.2, 0.25) is 0 Å². The number of nitrogens with one attached hydrogen (secondary N) is 3. The Hall–Kier alpha value is -2.61. The minimum Gasteiger partial charge on any atom is -0.381 e. The maximum atomic E-state index is 12.5. The molecule has 7 nitrogen and oxygen atoms in total. The summed E-state index contributed by atoms with van der Waals surface area (Å²) in [6.07, 6.45) is 1.04. The van der Waals surface area contributed by atoms with Gasteiger partial charge in [-0.15, -0.1) is 12.4 Å². The van der Waals surface area contributed by atoms with Gasteiger partial charge in [0.25, 0.3) is 0 Å². The number of benzene rings is 2. The van der Waals surface area contributed by atoms with Crippen molar-refractivity contribution in [3.05, 3.63) is 60.2 Å². The van der Waals surface area contributed by atoms with Gasteiger partial charge < -0.3 is 26.4 Å². The number of para-hydroxylation sites is 1. The summed E-state index contributed by atoms with van der Waals surface area (Å²) in [6.45, 7) is 2.92. The number of amides is 3. The third-order valence-corrected chi connectivity index (χ3v) is 4.89. The lowest BCUT2D eigenvalue weighted by Crippen LogP contribution is -2.57. The van der Waals surface area contributed by atoms with Crippen LogP contribution in [0, 0.1) is 0 Å². The maximum absolute atomic E-state index is 12.5. The molecule has 1 unspecified atom stereocenters. The average molecular weight is 419 g/mol. The Labute approximate surface area is 176 Å². The number of ether oxygens (including phenoxy) is 1. The fourth-order valence-electron chi connectivity index (χ4n) is 3.06. The zero-order valence-corrected chi connectivity index (χ0v) is 17.1. The highest BCUT2D eigenvalue weighted by Crippen LogP contribution is 2.21. The summed E-state index contributed by atoms with van der Waals surface area (Å²) in [5.41, 5.74) is 7.66. The zero-order chi connectivity index (χ0) is 20.0. The molecule has 0 radical (unpaired) electrons. The molecule has 0 saturated carbocycles. The Morgan fingerprint density at radius 2 is 1.52 bits per heavy atom. The third-order valence-electron chi connectivity index (χ3n) is 4.89. The smallest absolute Gasteiger partial charge is 0.323 e. The second-order valence-corrected chi connectivity index (χ2v) is 7.03. The fourth-order valence-corrected chi connectivity index (χ4v) is 3.06. The standard InChI is InChI=1S/C21H26N4O3.ClH/c1-15(23-19(26)21(22)11-13-28-14-12-21)16-7-9-18(10-8-16)25-20(27)24-17-5-3-2-4-6-17;/h2-10,15H,11-14,22H2,1H3,(H,23,26)(H2,24,25,27);1H. The van der Waals surface area contributed by atoms with Gasteiger partial charge >= 0.3 is 6.03 Å². The van der Waals surface area contributed by atoms with E-state index in [0.29, 0.717) is 31.7 Å². The molecule has 2 aromatic carbocycles. The summed E-state index contributed by atoms with van der Waals surface area (Å²) in [5, 5.41) is 8.53. The number of carbonyl (C=O) groups is 2. The van der Waals surface area contributed by atoms with Crippen molar-refractivity contribution in [2.75, 3.05) is 23.8 Å². The molecular weight excluding hydrogens is 392 g/mol. The molecule has 2 aromatic rings. The lowest BCUT2D eigenvalue weighted by molar-refractivity contribution is -0.130.